The molecule has 5 aromatic rings. The second kappa shape index (κ2) is 12.0. The summed E-state index contributed by atoms with van der Waals surface area (Å²) in [5.41, 5.74) is 5.72. The average Bonchev–Trinajstić information content (AvgIpc) is 3.91. The molecule has 0 radical (unpaired) electrons. The average molecular weight is 657 g/mol. The molecule has 8 nitrogen and oxygen atoms in total. The molecule has 48 heavy (non-hydrogen) atoms. The molecule has 8 rings (SSSR count). The zero-order valence-electron chi connectivity index (χ0n) is 26.2. The van der Waals surface area contributed by atoms with Crippen molar-refractivity contribution in [3.63, 3.8) is 0 Å². The van der Waals surface area contributed by atoms with Crippen LogP contribution in [0.1, 0.15) is 39.5 Å². The van der Waals surface area contributed by atoms with Crippen molar-refractivity contribution in [2.45, 2.75) is 36.6 Å². The van der Waals surface area contributed by atoms with E-state index in [9.17, 15) is 14.4 Å². The number of nitrogens with zero attached hydrogens (tertiary/aromatic N) is 2. The number of anilines is 1. The van der Waals surface area contributed by atoms with Crippen LogP contribution in [0.3, 0.4) is 0 Å². The van der Waals surface area contributed by atoms with Gasteiger partial charge in [0.1, 0.15) is 25.4 Å². The van der Waals surface area contributed by atoms with Crippen LogP contribution in [-0.4, -0.2) is 49.0 Å². The Kier molecular flexibility index (Phi) is 7.48. The van der Waals surface area contributed by atoms with Crippen LogP contribution in [0.15, 0.2) is 121 Å². The maximum atomic E-state index is 14.5. The molecule has 2 amide bonds. The summed E-state index contributed by atoms with van der Waals surface area (Å²) < 4.78 is 17.4. The number of amides is 2. The molecule has 2 aliphatic heterocycles. The standard InChI is InChI=1S/C39H32N2O6S/c1-45-35(42)33-22-39(34-20-11-21-48-34)31-18-9-10-19-32(31)40(37(43)46-23-25-12-3-2-4-13-25)36(39)41(33)38(44)47-24-30-28-16-7-5-14-26(28)27-15-6-8-17-29(27)30/h2-21,30,33,36H,22-24H2,1H3/t33-,36-,39-/m0/s1. The van der Waals surface area contributed by atoms with Crippen LogP contribution in [0.4, 0.5) is 15.3 Å². The number of rotatable bonds is 6. The smallest absolute Gasteiger partial charge is 0.416 e. The third-order valence-corrected chi connectivity index (χ3v) is 10.9. The normalized spacial score (nSPS) is 20.4. The molecular weight excluding hydrogens is 625 g/mol. The Morgan fingerprint density at radius 2 is 1.44 bits per heavy atom. The number of hydrogen-bond donors (Lipinski definition) is 0. The maximum Gasteiger partial charge on any atom is 0.416 e. The van der Waals surface area contributed by atoms with Gasteiger partial charge in [-0.1, -0.05) is 103 Å². The van der Waals surface area contributed by atoms with Gasteiger partial charge in [0.2, 0.25) is 0 Å². The van der Waals surface area contributed by atoms with E-state index in [2.05, 4.69) is 24.3 Å². The summed E-state index contributed by atoms with van der Waals surface area (Å²) in [5.74, 6) is -0.765. The van der Waals surface area contributed by atoms with Gasteiger partial charge < -0.3 is 14.2 Å². The van der Waals surface area contributed by atoms with Crippen LogP contribution in [-0.2, 0) is 31.0 Å². The second-order valence-corrected chi connectivity index (χ2v) is 13.2. The first kappa shape index (κ1) is 30.0. The molecule has 0 bridgehead atoms. The number of esters is 1. The van der Waals surface area contributed by atoms with E-state index in [1.807, 2.05) is 96.4 Å². The largest absolute Gasteiger partial charge is 0.467 e. The number of para-hydroxylation sites is 1. The molecule has 1 fully saturated rings. The van der Waals surface area contributed by atoms with Crippen molar-refractivity contribution < 1.29 is 28.6 Å². The number of fused-ring (bicyclic) bond motifs is 6. The predicted molar refractivity (Wildman–Crippen MR) is 182 cm³/mol. The first-order valence-corrected chi connectivity index (χ1v) is 16.8. The van der Waals surface area contributed by atoms with Gasteiger partial charge in [-0.05, 0) is 57.3 Å². The van der Waals surface area contributed by atoms with Gasteiger partial charge in [0.05, 0.1) is 18.2 Å². The molecule has 240 valence electrons. The number of carbonyl (C=O) groups is 3. The third kappa shape index (κ3) is 4.60. The highest BCUT2D eigenvalue weighted by atomic mass is 32.1. The van der Waals surface area contributed by atoms with Crippen LogP contribution < -0.4 is 4.90 Å². The number of ether oxygens (including phenoxy) is 3. The molecule has 9 heteroatoms. The lowest BCUT2D eigenvalue weighted by Crippen LogP contribution is -2.56. The number of benzene rings is 4. The van der Waals surface area contributed by atoms with Gasteiger partial charge in [-0.2, -0.15) is 0 Å². The molecule has 1 saturated heterocycles. The van der Waals surface area contributed by atoms with Gasteiger partial charge in [0.15, 0.2) is 0 Å². The van der Waals surface area contributed by atoms with E-state index >= 15 is 0 Å². The van der Waals surface area contributed by atoms with Crippen LogP contribution in [0, 0.1) is 0 Å². The minimum Gasteiger partial charge on any atom is -0.467 e. The van der Waals surface area contributed by atoms with E-state index in [-0.39, 0.29) is 25.6 Å². The van der Waals surface area contributed by atoms with E-state index in [4.69, 9.17) is 14.2 Å². The molecule has 0 spiro atoms. The maximum absolute atomic E-state index is 14.5. The lowest BCUT2D eigenvalue weighted by atomic mass is 9.76. The molecule has 1 aliphatic carbocycles. The van der Waals surface area contributed by atoms with E-state index < -0.39 is 35.8 Å². The second-order valence-electron chi connectivity index (χ2n) is 12.2. The first-order chi connectivity index (χ1) is 23.5. The van der Waals surface area contributed by atoms with Crippen molar-refractivity contribution in [2.75, 3.05) is 18.6 Å². The Balaban J connectivity index is 1.19. The van der Waals surface area contributed by atoms with Crippen molar-refractivity contribution in [1.82, 2.24) is 4.90 Å². The van der Waals surface area contributed by atoms with E-state index in [1.165, 1.54) is 28.2 Å². The lowest BCUT2D eigenvalue weighted by molar-refractivity contribution is -0.145. The fourth-order valence-electron chi connectivity index (χ4n) is 7.81. The summed E-state index contributed by atoms with van der Waals surface area (Å²) in [6, 6.07) is 36.2. The van der Waals surface area contributed by atoms with Crippen LogP contribution in [0.5, 0.6) is 0 Å². The SMILES string of the molecule is COC(=O)[C@@H]1C[C@@]2(c3cccs3)c3ccccc3N(C(=O)OCc3ccccc3)[C@H]2N1C(=O)OCC1c2ccccc2-c2ccccc21. The third-order valence-electron chi connectivity index (χ3n) is 9.83. The zero-order valence-corrected chi connectivity index (χ0v) is 27.0. The van der Waals surface area contributed by atoms with Gasteiger partial charge >= 0.3 is 18.2 Å². The van der Waals surface area contributed by atoms with E-state index in [1.54, 1.807) is 0 Å². The highest BCUT2D eigenvalue weighted by Gasteiger charge is 2.67. The number of methoxy groups -OCH3 is 1. The minimum atomic E-state index is -1.02. The number of thiophene rings is 1. The van der Waals surface area contributed by atoms with Gasteiger partial charge in [-0.25, -0.2) is 14.4 Å². The summed E-state index contributed by atoms with van der Waals surface area (Å²) in [6.45, 7) is 0.101. The molecule has 3 heterocycles. The Hall–Kier alpha value is -5.41. The van der Waals surface area contributed by atoms with Gasteiger partial charge in [-0.3, -0.25) is 9.80 Å². The Bertz CT molecular complexity index is 1970. The molecule has 0 N–H and O–H groups in total. The predicted octanol–water partition coefficient (Wildman–Crippen LogP) is 7.71. The summed E-state index contributed by atoms with van der Waals surface area (Å²) in [7, 11) is 1.31. The van der Waals surface area contributed by atoms with Crippen LogP contribution in [0.25, 0.3) is 11.1 Å². The molecule has 4 aromatic carbocycles. The van der Waals surface area contributed by atoms with E-state index in [0.29, 0.717) is 5.69 Å². The summed E-state index contributed by atoms with van der Waals surface area (Å²) in [5, 5.41) is 1.96. The van der Waals surface area contributed by atoms with Gasteiger partial charge in [0.25, 0.3) is 0 Å². The highest BCUT2D eigenvalue weighted by Crippen LogP contribution is 2.59. The first-order valence-electron chi connectivity index (χ1n) is 15.9. The minimum absolute atomic E-state index is 0.0441. The summed E-state index contributed by atoms with van der Waals surface area (Å²) in [4.78, 5) is 46.1. The quantitative estimate of drug-likeness (QED) is 0.138. The van der Waals surface area contributed by atoms with Crippen molar-refractivity contribution in [3.05, 3.63) is 148 Å². The van der Waals surface area contributed by atoms with Gasteiger partial charge in [-0.15, -0.1) is 11.3 Å². The summed E-state index contributed by atoms with van der Waals surface area (Å²) >= 11 is 1.52. The van der Waals surface area contributed by atoms with Crippen LogP contribution in [0.2, 0.25) is 0 Å². The fraction of sp³-hybridized carbons (Fsp3) is 0.205. The highest BCUT2D eigenvalue weighted by molar-refractivity contribution is 7.10. The molecular formula is C39H32N2O6S. The van der Waals surface area contributed by atoms with Crippen molar-refractivity contribution in [3.8, 4) is 11.1 Å². The summed E-state index contributed by atoms with van der Waals surface area (Å²) in [6.07, 6.45) is -2.08. The molecule has 3 atom stereocenters. The topological polar surface area (TPSA) is 85.4 Å². The van der Waals surface area contributed by atoms with E-state index in [0.717, 1.165) is 38.3 Å². The van der Waals surface area contributed by atoms with Crippen molar-refractivity contribution in [2.24, 2.45) is 0 Å². The number of likely N-dealkylation sites (tertiary alicyclic amines) is 1. The number of hydrogen-bond acceptors (Lipinski definition) is 7. The molecule has 0 unspecified atom stereocenters. The molecule has 1 aromatic heterocycles. The lowest BCUT2D eigenvalue weighted by Gasteiger charge is -2.36. The van der Waals surface area contributed by atoms with Crippen LogP contribution >= 0.6 is 11.3 Å². The Morgan fingerprint density at radius 1 is 0.771 bits per heavy atom. The molecule has 3 aliphatic rings. The monoisotopic (exact) mass is 656 g/mol. The van der Waals surface area contributed by atoms with Gasteiger partial charge in [0, 0.05) is 10.8 Å². The Labute approximate surface area is 282 Å². The van der Waals surface area contributed by atoms with Crippen molar-refractivity contribution in [1.29, 1.82) is 0 Å². The zero-order chi connectivity index (χ0) is 32.8. The van der Waals surface area contributed by atoms with Crippen molar-refractivity contribution >= 4 is 35.2 Å². The Morgan fingerprint density at radius 3 is 2.12 bits per heavy atom. The fourth-order valence-corrected chi connectivity index (χ4v) is 8.78. The number of carbonyl (C=O) groups excluding carboxylic acids is 3. The molecule has 0 saturated carbocycles.